The molecular formula is C22H25ClN4O2. The highest BCUT2D eigenvalue weighted by Gasteiger charge is 2.23. The number of halogens is 1. The molecule has 7 heteroatoms. The lowest BCUT2D eigenvalue weighted by Crippen LogP contribution is -2.40. The topological polar surface area (TPSA) is 58.9 Å². The Labute approximate surface area is 175 Å². The monoisotopic (exact) mass is 412 g/mol. The number of nitrogens with zero attached hydrogens (tertiary/aromatic N) is 3. The van der Waals surface area contributed by atoms with Gasteiger partial charge in [-0.05, 0) is 30.7 Å². The van der Waals surface area contributed by atoms with Crippen molar-refractivity contribution in [2.75, 3.05) is 19.6 Å². The summed E-state index contributed by atoms with van der Waals surface area (Å²) in [6, 6.07) is 11.6. The molecule has 0 fully saturated rings. The van der Waals surface area contributed by atoms with Crippen molar-refractivity contribution >= 4 is 23.2 Å². The van der Waals surface area contributed by atoms with Gasteiger partial charge in [-0.2, -0.15) is 0 Å². The number of benzene rings is 1. The lowest BCUT2D eigenvalue weighted by atomic mass is 10.2. The Bertz CT molecular complexity index is 970. The maximum absolute atomic E-state index is 12.5. The number of nitrogens with one attached hydrogen (secondary N) is 1. The van der Waals surface area contributed by atoms with Crippen molar-refractivity contribution in [3.05, 3.63) is 65.1 Å². The van der Waals surface area contributed by atoms with Crippen molar-refractivity contribution in [1.29, 1.82) is 0 Å². The minimum Gasteiger partial charge on any atom is -0.489 e. The molecule has 3 heterocycles. The van der Waals surface area contributed by atoms with Crippen LogP contribution >= 0.6 is 11.6 Å². The number of hydrogen-bond acceptors (Lipinski definition) is 4. The van der Waals surface area contributed by atoms with E-state index in [1.807, 2.05) is 53.2 Å². The fraction of sp³-hybridized carbons (Fsp3) is 0.364. The molecule has 1 aliphatic rings. The van der Waals surface area contributed by atoms with Gasteiger partial charge in [0.1, 0.15) is 17.5 Å². The van der Waals surface area contributed by atoms with Crippen LogP contribution in [-0.2, 0) is 17.8 Å². The van der Waals surface area contributed by atoms with Crippen molar-refractivity contribution in [3.63, 3.8) is 0 Å². The van der Waals surface area contributed by atoms with Crippen molar-refractivity contribution in [1.82, 2.24) is 19.6 Å². The summed E-state index contributed by atoms with van der Waals surface area (Å²) in [5.41, 5.74) is 2.95. The number of hydrogen-bond donors (Lipinski definition) is 1. The van der Waals surface area contributed by atoms with Crippen LogP contribution in [0.1, 0.15) is 24.6 Å². The van der Waals surface area contributed by atoms with Gasteiger partial charge in [-0.25, -0.2) is 4.98 Å². The summed E-state index contributed by atoms with van der Waals surface area (Å²) in [5, 5.41) is 3.68. The molecular weight excluding hydrogens is 388 g/mol. The van der Waals surface area contributed by atoms with E-state index >= 15 is 0 Å². The van der Waals surface area contributed by atoms with E-state index in [9.17, 15) is 4.79 Å². The number of ether oxygens (including phenoxy) is 1. The number of imidazole rings is 1. The minimum absolute atomic E-state index is 0.0148. The third kappa shape index (κ3) is 4.89. The molecule has 3 aromatic rings. The zero-order valence-corrected chi connectivity index (χ0v) is 17.2. The number of pyridine rings is 1. The Balaban J connectivity index is 1.32. The van der Waals surface area contributed by atoms with E-state index in [2.05, 4.69) is 22.1 Å². The zero-order valence-electron chi connectivity index (χ0n) is 16.5. The smallest absolute Gasteiger partial charge is 0.234 e. The van der Waals surface area contributed by atoms with Gasteiger partial charge in [0.15, 0.2) is 0 Å². The van der Waals surface area contributed by atoms with Gasteiger partial charge in [0.2, 0.25) is 5.91 Å². The molecule has 152 valence electrons. The molecule has 0 aliphatic carbocycles. The largest absolute Gasteiger partial charge is 0.489 e. The molecule has 0 saturated heterocycles. The average molecular weight is 413 g/mol. The van der Waals surface area contributed by atoms with Crippen molar-refractivity contribution in [2.45, 2.75) is 32.4 Å². The maximum atomic E-state index is 12.5. The molecule has 1 N–H and O–H groups in total. The zero-order chi connectivity index (χ0) is 20.2. The van der Waals surface area contributed by atoms with Gasteiger partial charge in [-0.3, -0.25) is 9.69 Å². The van der Waals surface area contributed by atoms with Crippen molar-refractivity contribution in [2.24, 2.45) is 0 Å². The van der Waals surface area contributed by atoms with Crippen LogP contribution in [0, 0.1) is 0 Å². The predicted molar refractivity (Wildman–Crippen MR) is 113 cm³/mol. The second kappa shape index (κ2) is 8.84. The summed E-state index contributed by atoms with van der Waals surface area (Å²) >= 11 is 6.11. The summed E-state index contributed by atoms with van der Waals surface area (Å²) in [6.07, 6.45) is 5.59. The van der Waals surface area contributed by atoms with Crippen LogP contribution < -0.4 is 10.1 Å². The minimum atomic E-state index is 0.0148. The summed E-state index contributed by atoms with van der Waals surface area (Å²) in [5.74, 6) is 0.833. The molecule has 0 spiro atoms. The average Bonchev–Trinajstić information content (AvgIpc) is 3.03. The van der Waals surface area contributed by atoms with Gasteiger partial charge < -0.3 is 14.5 Å². The lowest BCUT2D eigenvalue weighted by Gasteiger charge is -2.22. The molecule has 29 heavy (non-hydrogen) atoms. The number of carbonyl (C=O) groups excluding carboxylic acids is 1. The summed E-state index contributed by atoms with van der Waals surface area (Å²) in [4.78, 5) is 19.2. The molecule has 1 aromatic carbocycles. The first-order valence-corrected chi connectivity index (χ1v) is 10.3. The van der Waals surface area contributed by atoms with Crippen LogP contribution in [0.5, 0.6) is 5.75 Å². The molecule has 1 amide bonds. The molecule has 0 saturated carbocycles. The molecule has 1 atom stereocenters. The second-order valence-corrected chi connectivity index (χ2v) is 7.80. The second-order valence-electron chi connectivity index (χ2n) is 7.37. The van der Waals surface area contributed by atoms with Crippen LogP contribution in [0.4, 0.5) is 0 Å². The van der Waals surface area contributed by atoms with Gasteiger partial charge in [0.05, 0.1) is 12.2 Å². The van der Waals surface area contributed by atoms with Crippen LogP contribution in [0.15, 0.2) is 48.8 Å². The van der Waals surface area contributed by atoms with Gasteiger partial charge in [-0.15, -0.1) is 0 Å². The molecule has 1 aliphatic heterocycles. The Hall–Kier alpha value is -2.57. The fourth-order valence-electron chi connectivity index (χ4n) is 3.61. The summed E-state index contributed by atoms with van der Waals surface area (Å²) < 4.78 is 8.09. The standard InChI is InChI=1S/C22H25ClN4O2/c1-2-19-14-26(12-16-6-7-17(23)11-20(16)29-19)15-22(28)24-9-8-18-13-27-10-4-3-5-21(27)25-18/h3-7,10-11,13,19H,2,8-9,12,14-15H2,1H3,(H,24,28). The summed E-state index contributed by atoms with van der Waals surface area (Å²) in [6.45, 7) is 4.38. The highest BCUT2D eigenvalue weighted by atomic mass is 35.5. The van der Waals surface area contributed by atoms with E-state index in [0.29, 0.717) is 37.6 Å². The van der Waals surface area contributed by atoms with Crippen LogP contribution in [0.2, 0.25) is 5.02 Å². The number of fused-ring (bicyclic) bond motifs is 2. The van der Waals surface area contributed by atoms with Crippen LogP contribution in [-0.4, -0.2) is 45.9 Å². The Morgan fingerprint density at radius 2 is 2.24 bits per heavy atom. The molecule has 4 rings (SSSR count). The number of aromatic nitrogens is 2. The van der Waals surface area contributed by atoms with E-state index in [-0.39, 0.29) is 12.0 Å². The first kappa shape index (κ1) is 19.7. The van der Waals surface area contributed by atoms with Gasteiger partial charge in [0, 0.05) is 49.0 Å². The van der Waals surface area contributed by atoms with Crippen LogP contribution in [0.25, 0.3) is 5.65 Å². The molecule has 0 bridgehead atoms. The Morgan fingerprint density at radius 1 is 1.34 bits per heavy atom. The Morgan fingerprint density at radius 3 is 3.07 bits per heavy atom. The number of rotatable bonds is 6. The SMILES string of the molecule is CCC1CN(CC(=O)NCCc2cn3ccccc3n2)Cc2ccc(Cl)cc2O1. The van der Waals surface area contributed by atoms with Gasteiger partial charge in [0.25, 0.3) is 0 Å². The molecule has 1 unspecified atom stereocenters. The van der Waals surface area contributed by atoms with Crippen LogP contribution in [0.3, 0.4) is 0 Å². The Kier molecular flexibility index (Phi) is 6.02. The van der Waals surface area contributed by atoms with E-state index in [1.165, 1.54) is 0 Å². The quantitative estimate of drug-likeness (QED) is 0.674. The normalized spacial score (nSPS) is 16.8. The fourth-order valence-corrected chi connectivity index (χ4v) is 3.77. The molecule has 6 nitrogen and oxygen atoms in total. The molecule has 2 aromatic heterocycles. The first-order chi connectivity index (χ1) is 14.1. The van der Waals surface area contributed by atoms with Gasteiger partial charge in [-0.1, -0.05) is 30.7 Å². The number of amides is 1. The predicted octanol–water partition coefficient (Wildman–Crippen LogP) is 3.32. The maximum Gasteiger partial charge on any atom is 0.234 e. The van der Waals surface area contributed by atoms with Crippen molar-refractivity contribution < 1.29 is 9.53 Å². The van der Waals surface area contributed by atoms with Crippen molar-refractivity contribution in [3.8, 4) is 5.75 Å². The van der Waals surface area contributed by atoms with E-state index in [4.69, 9.17) is 16.3 Å². The van der Waals surface area contributed by atoms with E-state index in [0.717, 1.165) is 29.1 Å². The summed E-state index contributed by atoms with van der Waals surface area (Å²) in [7, 11) is 0. The van der Waals surface area contributed by atoms with E-state index < -0.39 is 0 Å². The third-order valence-corrected chi connectivity index (χ3v) is 5.35. The van der Waals surface area contributed by atoms with Gasteiger partial charge >= 0.3 is 0 Å². The third-order valence-electron chi connectivity index (χ3n) is 5.12. The highest BCUT2D eigenvalue weighted by molar-refractivity contribution is 6.30. The number of carbonyl (C=O) groups is 1. The molecule has 0 radical (unpaired) electrons. The van der Waals surface area contributed by atoms with E-state index in [1.54, 1.807) is 0 Å². The first-order valence-electron chi connectivity index (χ1n) is 9.97. The lowest BCUT2D eigenvalue weighted by molar-refractivity contribution is -0.122. The highest BCUT2D eigenvalue weighted by Crippen LogP contribution is 2.28.